The van der Waals surface area contributed by atoms with E-state index in [9.17, 15) is 0 Å². The molecule has 1 atom stereocenters. The van der Waals surface area contributed by atoms with E-state index < -0.39 is 0 Å². The third-order valence-electron chi connectivity index (χ3n) is 2.08. The van der Waals surface area contributed by atoms with Crippen molar-refractivity contribution >= 4 is 0 Å². The van der Waals surface area contributed by atoms with Crippen LogP contribution in [0.1, 0.15) is 5.56 Å². The van der Waals surface area contributed by atoms with Gasteiger partial charge in [0.1, 0.15) is 24.2 Å². The average molecular weight is 205 g/mol. The summed E-state index contributed by atoms with van der Waals surface area (Å²) in [6, 6.07) is 7.16. The van der Waals surface area contributed by atoms with Crippen molar-refractivity contribution < 1.29 is 14.2 Å². The molecule has 1 aromatic carbocycles. The number of hydrogen-bond donors (Lipinski definition) is 0. The number of epoxide rings is 1. The van der Waals surface area contributed by atoms with Crippen molar-refractivity contribution in [3.05, 3.63) is 23.8 Å². The lowest BCUT2D eigenvalue weighted by atomic mass is 10.2. The first-order valence-electron chi connectivity index (χ1n) is 4.65. The molecule has 4 heteroatoms. The molecule has 2 rings (SSSR count). The minimum Gasteiger partial charge on any atom is -0.497 e. The van der Waals surface area contributed by atoms with Gasteiger partial charge in [0.25, 0.3) is 0 Å². The van der Waals surface area contributed by atoms with E-state index in [2.05, 4.69) is 6.07 Å². The molecule has 0 spiro atoms. The first-order chi connectivity index (χ1) is 7.31. The highest BCUT2D eigenvalue weighted by Gasteiger charge is 2.23. The summed E-state index contributed by atoms with van der Waals surface area (Å²) < 4.78 is 15.5. The second-order valence-corrected chi connectivity index (χ2v) is 3.28. The molecule has 0 saturated carbocycles. The number of nitriles is 1. The van der Waals surface area contributed by atoms with Crippen molar-refractivity contribution in [3.8, 4) is 17.6 Å². The summed E-state index contributed by atoms with van der Waals surface area (Å²) >= 11 is 0. The molecule has 1 heterocycles. The van der Waals surface area contributed by atoms with Gasteiger partial charge in [-0.15, -0.1) is 0 Å². The number of nitrogens with zero attached hydrogens (tertiary/aromatic N) is 1. The molecule has 1 saturated heterocycles. The van der Waals surface area contributed by atoms with Crippen LogP contribution in [0.25, 0.3) is 0 Å². The van der Waals surface area contributed by atoms with Gasteiger partial charge < -0.3 is 14.2 Å². The molecule has 1 aliphatic rings. The first-order valence-corrected chi connectivity index (χ1v) is 4.65. The van der Waals surface area contributed by atoms with E-state index in [0.717, 1.165) is 6.61 Å². The Hall–Kier alpha value is -1.73. The van der Waals surface area contributed by atoms with Gasteiger partial charge in [-0.2, -0.15) is 5.26 Å². The molecule has 1 aromatic rings. The van der Waals surface area contributed by atoms with E-state index in [1.807, 2.05) is 0 Å². The minimum absolute atomic E-state index is 0.210. The van der Waals surface area contributed by atoms with Crippen LogP contribution in [0.15, 0.2) is 18.2 Å². The third kappa shape index (κ3) is 2.61. The zero-order valence-corrected chi connectivity index (χ0v) is 8.40. The number of ether oxygens (including phenoxy) is 3. The van der Waals surface area contributed by atoms with Crippen LogP contribution in [0, 0.1) is 11.3 Å². The van der Waals surface area contributed by atoms with Gasteiger partial charge >= 0.3 is 0 Å². The molecule has 4 nitrogen and oxygen atoms in total. The number of hydrogen-bond acceptors (Lipinski definition) is 4. The number of methoxy groups -OCH3 is 1. The summed E-state index contributed by atoms with van der Waals surface area (Å²) in [6.07, 6.45) is 0.210. The van der Waals surface area contributed by atoms with Crippen LogP contribution in [0.3, 0.4) is 0 Å². The Morgan fingerprint density at radius 2 is 2.20 bits per heavy atom. The van der Waals surface area contributed by atoms with Crippen molar-refractivity contribution in [3.63, 3.8) is 0 Å². The monoisotopic (exact) mass is 205 g/mol. The molecule has 0 aliphatic carbocycles. The first kappa shape index (κ1) is 9.81. The average Bonchev–Trinajstić information content (AvgIpc) is 3.09. The standard InChI is InChI=1S/C11H11NO3/c1-13-9-2-8(5-12)3-10(4-9)14-6-11-7-15-11/h2-4,11H,6-7H2,1H3. The SMILES string of the molecule is COc1cc(C#N)cc(OCC2CO2)c1. The Kier molecular flexibility index (Phi) is 2.75. The van der Waals surface area contributed by atoms with Crippen molar-refractivity contribution in [1.29, 1.82) is 5.26 Å². The van der Waals surface area contributed by atoms with Crippen LogP contribution >= 0.6 is 0 Å². The molecule has 1 fully saturated rings. The van der Waals surface area contributed by atoms with Crippen LogP contribution in [0.4, 0.5) is 0 Å². The molecule has 0 amide bonds. The van der Waals surface area contributed by atoms with E-state index in [1.165, 1.54) is 0 Å². The highest BCUT2D eigenvalue weighted by molar-refractivity contribution is 5.43. The van der Waals surface area contributed by atoms with E-state index in [-0.39, 0.29) is 6.10 Å². The van der Waals surface area contributed by atoms with Gasteiger partial charge in [0.05, 0.1) is 25.3 Å². The molecule has 78 valence electrons. The maximum atomic E-state index is 8.79. The lowest BCUT2D eigenvalue weighted by Crippen LogP contribution is -2.04. The summed E-state index contributed by atoms with van der Waals surface area (Å²) in [7, 11) is 1.56. The largest absolute Gasteiger partial charge is 0.497 e. The van der Waals surface area contributed by atoms with Crippen molar-refractivity contribution in [2.24, 2.45) is 0 Å². The van der Waals surface area contributed by atoms with Crippen molar-refractivity contribution in [2.45, 2.75) is 6.10 Å². The highest BCUT2D eigenvalue weighted by atomic mass is 16.6. The van der Waals surface area contributed by atoms with Gasteiger partial charge in [-0.05, 0) is 12.1 Å². The van der Waals surface area contributed by atoms with E-state index in [4.69, 9.17) is 19.5 Å². The maximum absolute atomic E-state index is 8.79. The fraction of sp³-hybridized carbons (Fsp3) is 0.364. The van der Waals surface area contributed by atoms with E-state index >= 15 is 0 Å². The van der Waals surface area contributed by atoms with Gasteiger partial charge in [0.2, 0.25) is 0 Å². The van der Waals surface area contributed by atoms with Gasteiger partial charge in [-0.25, -0.2) is 0 Å². The molecule has 1 unspecified atom stereocenters. The Morgan fingerprint density at radius 1 is 1.47 bits per heavy atom. The fourth-order valence-electron chi connectivity index (χ4n) is 1.19. The summed E-state index contributed by atoms with van der Waals surface area (Å²) in [6.45, 7) is 1.28. The van der Waals surface area contributed by atoms with Gasteiger partial charge in [0, 0.05) is 6.07 Å². The van der Waals surface area contributed by atoms with Gasteiger partial charge in [-0.3, -0.25) is 0 Å². The third-order valence-corrected chi connectivity index (χ3v) is 2.08. The quantitative estimate of drug-likeness (QED) is 0.696. The molecular formula is C11H11NO3. The van der Waals surface area contributed by atoms with Crippen LogP contribution in [-0.2, 0) is 4.74 Å². The van der Waals surface area contributed by atoms with E-state index in [1.54, 1.807) is 25.3 Å². The lowest BCUT2D eigenvalue weighted by molar-refractivity contribution is 0.262. The second kappa shape index (κ2) is 4.20. The molecular weight excluding hydrogens is 194 g/mol. The Balaban J connectivity index is 2.10. The van der Waals surface area contributed by atoms with Crippen LogP contribution in [0.5, 0.6) is 11.5 Å². The molecule has 0 radical (unpaired) electrons. The molecule has 0 aromatic heterocycles. The molecule has 0 bridgehead atoms. The predicted molar refractivity (Wildman–Crippen MR) is 52.9 cm³/mol. The Bertz CT molecular complexity index is 393. The van der Waals surface area contributed by atoms with Crippen LogP contribution in [0.2, 0.25) is 0 Å². The predicted octanol–water partition coefficient (Wildman–Crippen LogP) is 1.34. The number of rotatable bonds is 4. The highest BCUT2D eigenvalue weighted by Crippen LogP contribution is 2.23. The van der Waals surface area contributed by atoms with Gasteiger partial charge in [0.15, 0.2) is 0 Å². The maximum Gasteiger partial charge on any atom is 0.124 e. The van der Waals surface area contributed by atoms with Crippen molar-refractivity contribution in [1.82, 2.24) is 0 Å². The minimum atomic E-state index is 0.210. The summed E-state index contributed by atoms with van der Waals surface area (Å²) in [4.78, 5) is 0. The summed E-state index contributed by atoms with van der Waals surface area (Å²) in [5, 5.41) is 8.79. The van der Waals surface area contributed by atoms with Gasteiger partial charge in [-0.1, -0.05) is 0 Å². The van der Waals surface area contributed by atoms with Crippen LogP contribution < -0.4 is 9.47 Å². The Labute approximate surface area is 88.0 Å². The zero-order chi connectivity index (χ0) is 10.7. The number of benzene rings is 1. The molecule has 15 heavy (non-hydrogen) atoms. The lowest BCUT2D eigenvalue weighted by Gasteiger charge is -2.06. The Morgan fingerprint density at radius 3 is 2.80 bits per heavy atom. The van der Waals surface area contributed by atoms with Crippen LogP contribution in [-0.4, -0.2) is 26.4 Å². The normalized spacial score (nSPS) is 18.0. The van der Waals surface area contributed by atoms with Crippen molar-refractivity contribution in [2.75, 3.05) is 20.3 Å². The van der Waals surface area contributed by atoms with E-state index in [0.29, 0.717) is 23.7 Å². The summed E-state index contributed by atoms with van der Waals surface area (Å²) in [5.41, 5.74) is 0.529. The zero-order valence-electron chi connectivity index (χ0n) is 8.40. The second-order valence-electron chi connectivity index (χ2n) is 3.28. The molecule has 0 N–H and O–H groups in total. The molecule has 1 aliphatic heterocycles. The topological polar surface area (TPSA) is 54.8 Å². The fourth-order valence-corrected chi connectivity index (χ4v) is 1.19. The smallest absolute Gasteiger partial charge is 0.124 e. The summed E-state index contributed by atoms with van der Waals surface area (Å²) in [5.74, 6) is 1.27.